The monoisotopic (exact) mass is 219 g/mol. The van der Waals surface area contributed by atoms with Gasteiger partial charge in [-0.1, -0.05) is 30.3 Å². The summed E-state index contributed by atoms with van der Waals surface area (Å²) in [5.41, 5.74) is 1.26. The van der Waals surface area contributed by atoms with E-state index in [0.717, 1.165) is 32.1 Å². The third kappa shape index (κ3) is 4.77. The van der Waals surface area contributed by atoms with Gasteiger partial charge >= 0.3 is 0 Å². The molecule has 2 nitrogen and oxygen atoms in total. The molecule has 1 aliphatic rings. The largest absolute Gasteiger partial charge is 0.377 e. The Hall–Kier alpha value is -0.860. The van der Waals surface area contributed by atoms with Crippen LogP contribution in [0.15, 0.2) is 30.3 Å². The molecule has 1 saturated carbocycles. The molecule has 2 rings (SSSR count). The van der Waals surface area contributed by atoms with Crippen LogP contribution in [0.1, 0.15) is 24.8 Å². The lowest BCUT2D eigenvalue weighted by atomic mass is 10.2. The summed E-state index contributed by atoms with van der Waals surface area (Å²) in [6, 6.07) is 10.3. The second-order valence-corrected chi connectivity index (χ2v) is 4.54. The molecule has 0 aliphatic heterocycles. The third-order valence-electron chi connectivity index (χ3n) is 2.88. The fourth-order valence-electron chi connectivity index (χ4n) is 1.69. The Balaban J connectivity index is 1.42. The molecule has 1 aliphatic carbocycles. The number of ether oxygens (including phenoxy) is 1. The maximum atomic E-state index is 5.60. The average molecular weight is 219 g/mol. The summed E-state index contributed by atoms with van der Waals surface area (Å²) >= 11 is 0. The summed E-state index contributed by atoms with van der Waals surface area (Å²) in [6.07, 6.45) is 3.97. The van der Waals surface area contributed by atoms with Gasteiger partial charge in [-0.15, -0.1) is 0 Å². The lowest BCUT2D eigenvalue weighted by Gasteiger charge is -2.05. The molecular formula is C14H21NO. The normalized spacial score (nSPS) is 15.2. The zero-order valence-corrected chi connectivity index (χ0v) is 9.82. The standard InChI is InChI=1S/C14H21NO/c1-2-5-14(6-3-1)12-16-10-4-9-15-11-13-7-8-13/h1-3,5-6,13,15H,4,7-12H2. The highest BCUT2D eigenvalue weighted by Gasteiger charge is 2.19. The Bertz CT molecular complexity index is 282. The van der Waals surface area contributed by atoms with Gasteiger partial charge in [0.25, 0.3) is 0 Å². The van der Waals surface area contributed by atoms with Crippen LogP contribution in [0.25, 0.3) is 0 Å². The van der Waals surface area contributed by atoms with E-state index in [-0.39, 0.29) is 0 Å². The minimum absolute atomic E-state index is 0.740. The van der Waals surface area contributed by atoms with Crippen molar-refractivity contribution >= 4 is 0 Å². The second-order valence-electron chi connectivity index (χ2n) is 4.54. The zero-order chi connectivity index (χ0) is 11.1. The van der Waals surface area contributed by atoms with Gasteiger partial charge < -0.3 is 10.1 Å². The van der Waals surface area contributed by atoms with Gasteiger partial charge in [0.05, 0.1) is 6.61 Å². The minimum atomic E-state index is 0.740. The van der Waals surface area contributed by atoms with Crippen molar-refractivity contribution in [2.45, 2.75) is 25.9 Å². The summed E-state index contributed by atoms with van der Waals surface area (Å²) in [5.74, 6) is 0.977. The van der Waals surface area contributed by atoms with Crippen LogP contribution in [0.3, 0.4) is 0 Å². The van der Waals surface area contributed by atoms with E-state index in [4.69, 9.17) is 4.74 Å². The zero-order valence-electron chi connectivity index (χ0n) is 9.82. The predicted octanol–water partition coefficient (Wildman–Crippen LogP) is 2.59. The molecule has 1 N–H and O–H groups in total. The van der Waals surface area contributed by atoms with Crippen molar-refractivity contribution in [2.75, 3.05) is 19.7 Å². The average Bonchev–Trinajstić information content (AvgIpc) is 3.13. The highest BCUT2D eigenvalue weighted by Crippen LogP contribution is 2.27. The molecule has 0 unspecified atom stereocenters. The fourth-order valence-corrected chi connectivity index (χ4v) is 1.69. The van der Waals surface area contributed by atoms with Crippen LogP contribution in [-0.4, -0.2) is 19.7 Å². The molecule has 1 fully saturated rings. The molecule has 0 saturated heterocycles. The number of nitrogens with one attached hydrogen (secondary N) is 1. The maximum Gasteiger partial charge on any atom is 0.0716 e. The first kappa shape index (κ1) is 11.6. The predicted molar refractivity (Wildman–Crippen MR) is 66.3 cm³/mol. The van der Waals surface area contributed by atoms with Crippen molar-refractivity contribution in [1.29, 1.82) is 0 Å². The Morgan fingerprint density at radius 2 is 2.00 bits per heavy atom. The Morgan fingerprint density at radius 3 is 2.75 bits per heavy atom. The van der Waals surface area contributed by atoms with E-state index in [1.807, 2.05) is 6.07 Å². The third-order valence-corrected chi connectivity index (χ3v) is 2.88. The summed E-state index contributed by atoms with van der Waals surface area (Å²) < 4.78 is 5.60. The molecule has 16 heavy (non-hydrogen) atoms. The van der Waals surface area contributed by atoms with Crippen molar-refractivity contribution in [1.82, 2.24) is 5.32 Å². The summed E-state index contributed by atoms with van der Waals surface area (Å²) in [5, 5.41) is 3.47. The van der Waals surface area contributed by atoms with Gasteiger partial charge in [0.2, 0.25) is 0 Å². The van der Waals surface area contributed by atoms with Crippen LogP contribution >= 0.6 is 0 Å². The van der Waals surface area contributed by atoms with Crippen molar-refractivity contribution in [3.8, 4) is 0 Å². The van der Waals surface area contributed by atoms with Crippen molar-refractivity contribution in [2.24, 2.45) is 5.92 Å². The van der Waals surface area contributed by atoms with Gasteiger partial charge in [0.15, 0.2) is 0 Å². The summed E-state index contributed by atoms with van der Waals surface area (Å²) in [4.78, 5) is 0. The van der Waals surface area contributed by atoms with Crippen molar-refractivity contribution < 1.29 is 4.74 Å². The molecule has 0 aromatic heterocycles. The molecule has 0 atom stereocenters. The van der Waals surface area contributed by atoms with E-state index in [0.29, 0.717) is 0 Å². The molecule has 1 aromatic carbocycles. The van der Waals surface area contributed by atoms with E-state index in [1.54, 1.807) is 0 Å². The first-order chi connectivity index (χ1) is 7.95. The molecule has 0 bridgehead atoms. The van der Waals surface area contributed by atoms with E-state index in [2.05, 4.69) is 29.6 Å². The minimum Gasteiger partial charge on any atom is -0.377 e. The van der Waals surface area contributed by atoms with E-state index in [1.165, 1.54) is 24.9 Å². The van der Waals surface area contributed by atoms with Crippen LogP contribution in [0.2, 0.25) is 0 Å². The number of hydrogen-bond acceptors (Lipinski definition) is 2. The van der Waals surface area contributed by atoms with Crippen molar-refractivity contribution in [3.63, 3.8) is 0 Å². The SMILES string of the molecule is c1ccc(COCCCNCC2CC2)cc1. The lowest BCUT2D eigenvalue weighted by Crippen LogP contribution is -2.19. The van der Waals surface area contributed by atoms with Crippen LogP contribution in [0.5, 0.6) is 0 Å². The van der Waals surface area contributed by atoms with Crippen LogP contribution < -0.4 is 5.32 Å². The number of rotatable bonds is 8. The molecule has 0 amide bonds. The number of benzene rings is 1. The second kappa shape index (κ2) is 6.66. The molecule has 0 radical (unpaired) electrons. The Kier molecular flexibility index (Phi) is 4.84. The molecule has 88 valence electrons. The first-order valence-corrected chi connectivity index (χ1v) is 6.27. The molecule has 0 heterocycles. The van der Waals surface area contributed by atoms with Crippen LogP contribution in [-0.2, 0) is 11.3 Å². The topological polar surface area (TPSA) is 21.3 Å². The van der Waals surface area contributed by atoms with E-state index < -0.39 is 0 Å². The Morgan fingerprint density at radius 1 is 1.19 bits per heavy atom. The van der Waals surface area contributed by atoms with Gasteiger partial charge in [0, 0.05) is 6.61 Å². The quantitative estimate of drug-likeness (QED) is 0.679. The Labute approximate surface area is 98.0 Å². The number of hydrogen-bond donors (Lipinski definition) is 1. The maximum absolute atomic E-state index is 5.60. The first-order valence-electron chi connectivity index (χ1n) is 6.27. The fraction of sp³-hybridized carbons (Fsp3) is 0.571. The van der Waals surface area contributed by atoms with Gasteiger partial charge in [0.1, 0.15) is 0 Å². The van der Waals surface area contributed by atoms with Gasteiger partial charge in [-0.3, -0.25) is 0 Å². The smallest absolute Gasteiger partial charge is 0.0716 e. The van der Waals surface area contributed by atoms with E-state index in [9.17, 15) is 0 Å². The van der Waals surface area contributed by atoms with Crippen LogP contribution in [0.4, 0.5) is 0 Å². The lowest BCUT2D eigenvalue weighted by molar-refractivity contribution is 0.118. The highest BCUT2D eigenvalue weighted by atomic mass is 16.5. The summed E-state index contributed by atoms with van der Waals surface area (Å²) in [7, 11) is 0. The molecule has 0 spiro atoms. The molecule has 1 aromatic rings. The highest BCUT2D eigenvalue weighted by molar-refractivity contribution is 5.13. The van der Waals surface area contributed by atoms with Gasteiger partial charge in [-0.05, 0) is 43.8 Å². The molecule has 2 heteroatoms. The van der Waals surface area contributed by atoms with Gasteiger partial charge in [-0.2, -0.15) is 0 Å². The van der Waals surface area contributed by atoms with Crippen molar-refractivity contribution in [3.05, 3.63) is 35.9 Å². The van der Waals surface area contributed by atoms with Gasteiger partial charge in [-0.25, -0.2) is 0 Å². The summed E-state index contributed by atoms with van der Waals surface area (Å²) in [6.45, 7) is 3.89. The molecular weight excluding hydrogens is 198 g/mol. The van der Waals surface area contributed by atoms with Crippen LogP contribution in [0, 0.1) is 5.92 Å². The van der Waals surface area contributed by atoms with E-state index >= 15 is 0 Å².